The number of pyridine rings is 2. The molecule has 6 rings (SSSR count). The molecule has 2 aromatic carbocycles. The van der Waals surface area contributed by atoms with Crippen LogP contribution in [0.25, 0.3) is 22.3 Å². The van der Waals surface area contributed by atoms with Gasteiger partial charge in [-0.3, -0.25) is 14.6 Å². The molecule has 252 valence electrons. The Morgan fingerprint density at radius 2 is 0.812 bits per heavy atom. The molecule has 0 N–H and O–H groups in total. The van der Waals surface area contributed by atoms with Gasteiger partial charge in [-0.1, -0.05) is 62.4 Å². The normalized spacial score (nSPS) is 17.6. The largest absolute Gasteiger partial charge is 0.354 e. The van der Waals surface area contributed by atoms with E-state index in [2.05, 4.69) is 120 Å². The minimum absolute atomic E-state index is 0.196. The minimum atomic E-state index is -0.196. The second kappa shape index (κ2) is 15.0. The van der Waals surface area contributed by atoms with E-state index >= 15 is 0 Å². The first-order chi connectivity index (χ1) is 23.2. The molecule has 2 fully saturated rings. The predicted octanol–water partition coefficient (Wildman–Crippen LogP) is 7.35. The first kappa shape index (κ1) is 33.8. The van der Waals surface area contributed by atoms with Gasteiger partial charge in [0.05, 0.1) is 0 Å². The number of carbonyl (C=O) groups is 1. The van der Waals surface area contributed by atoms with Gasteiger partial charge in [0.2, 0.25) is 0 Å². The van der Waals surface area contributed by atoms with Crippen LogP contribution in [-0.4, -0.2) is 90.0 Å². The summed E-state index contributed by atoms with van der Waals surface area (Å²) in [4.78, 5) is 33.0. The number of hydrogen-bond donors (Lipinski definition) is 0. The lowest BCUT2D eigenvalue weighted by Gasteiger charge is -2.37. The standard InChI is InChI=1S/C41H52N6O/c1-29(2)44-19-23-46(24-20-44)39-17-15-37(27-42-39)35-11-7-33(8-12-35)31(5)41(48)32(6)34-9-13-36(14-10-34)38-16-18-40(43-28-38)47-25-21-45(22-26-47)30(3)4/h7-18,27-32H,19-26H2,1-6H3. The Hall–Kier alpha value is -4.07. The lowest BCUT2D eigenvalue weighted by Crippen LogP contribution is -2.49. The number of anilines is 2. The number of ketones is 1. The highest BCUT2D eigenvalue weighted by atomic mass is 16.1. The summed E-state index contributed by atoms with van der Waals surface area (Å²) in [6.45, 7) is 21.4. The molecular formula is C41H52N6O. The molecule has 2 unspecified atom stereocenters. The summed E-state index contributed by atoms with van der Waals surface area (Å²) < 4.78 is 0. The number of Topliss-reactive ketones (excluding diaryl/α,β-unsaturated/α-hetero) is 1. The quantitative estimate of drug-likeness (QED) is 0.179. The number of hydrogen-bond acceptors (Lipinski definition) is 7. The summed E-state index contributed by atoms with van der Waals surface area (Å²) in [6, 6.07) is 26.6. The molecule has 0 spiro atoms. The molecule has 0 amide bonds. The number of piperazine rings is 2. The number of benzene rings is 2. The van der Waals surface area contributed by atoms with Gasteiger partial charge in [0, 0.05) is 99.8 Å². The molecule has 4 aromatic rings. The fourth-order valence-corrected chi connectivity index (χ4v) is 7.05. The van der Waals surface area contributed by atoms with Crippen molar-refractivity contribution in [3.63, 3.8) is 0 Å². The Labute approximate surface area is 287 Å². The molecular weight excluding hydrogens is 592 g/mol. The van der Waals surface area contributed by atoms with E-state index in [4.69, 9.17) is 9.97 Å². The van der Waals surface area contributed by atoms with Crippen LogP contribution >= 0.6 is 0 Å². The third-order valence-electron chi connectivity index (χ3n) is 10.6. The van der Waals surface area contributed by atoms with Crippen LogP contribution < -0.4 is 9.80 Å². The molecule has 0 bridgehead atoms. The zero-order chi connectivity index (χ0) is 33.8. The van der Waals surface area contributed by atoms with Gasteiger partial charge < -0.3 is 9.80 Å². The van der Waals surface area contributed by atoms with Crippen LogP contribution in [0, 0.1) is 0 Å². The van der Waals surface area contributed by atoms with E-state index in [9.17, 15) is 4.79 Å². The maximum Gasteiger partial charge on any atom is 0.147 e. The van der Waals surface area contributed by atoms with Crippen LogP contribution in [0.5, 0.6) is 0 Å². The van der Waals surface area contributed by atoms with E-state index in [0.717, 1.165) is 97.4 Å². The lowest BCUT2D eigenvalue weighted by atomic mass is 9.85. The fourth-order valence-electron chi connectivity index (χ4n) is 7.05. The van der Waals surface area contributed by atoms with Gasteiger partial charge in [-0.2, -0.15) is 0 Å². The van der Waals surface area contributed by atoms with E-state index in [1.54, 1.807) is 0 Å². The molecule has 7 heteroatoms. The number of aromatic nitrogens is 2. The Morgan fingerprint density at radius 1 is 0.479 bits per heavy atom. The maximum absolute atomic E-state index is 13.6. The summed E-state index contributed by atoms with van der Waals surface area (Å²) in [5.41, 5.74) is 6.48. The summed E-state index contributed by atoms with van der Waals surface area (Å²) in [7, 11) is 0. The molecule has 2 atom stereocenters. The highest BCUT2D eigenvalue weighted by molar-refractivity contribution is 5.91. The summed E-state index contributed by atoms with van der Waals surface area (Å²) in [6.07, 6.45) is 3.94. The van der Waals surface area contributed by atoms with E-state index < -0.39 is 0 Å². The second-order valence-corrected chi connectivity index (χ2v) is 14.1. The first-order valence-electron chi connectivity index (χ1n) is 17.8. The smallest absolute Gasteiger partial charge is 0.147 e. The van der Waals surface area contributed by atoms with Crippen molar-refractivity contribution in [1.29, 1.82) is 0 Å². The van der Waals surface area contributed by atoms with E-state index in [1.807, 2.05) is 26.2 Å². The Balaban J connectivity index is 1.03. The summed E-state index contributed by atoms with van der Waals surface area (Å²) in [5.74, 6) is 1.92. The van der Waals surface area contributed by atoms with Gasteiger partial charge in [-0.25, -0.2) is 9.97 Å². The van der Waals surface area contributed by atoms with Crippen molar-refractivity contribution in [3.8, 4) is 22.3 Å². The molecule has 0 radical (unpaired) electrons. The fraction of sp³-hybridized carbons (Fsp3) is 0.439. The van der Waals surface area contributed by atoms with Gasteiger partial charge in [-0.15, -0.1) is 0 Å². The minimum Gasteiger partial charge on any atom is -0.354 e. The van der Waals surface area contributed by atoms with Crippen molar-refractivity contribution in [2.75, 3.05) is 62.2 Å². The third kappa shape index (κ3) is 7.63. The molecule has 2 saturated heterocycles. The molecule has 0 aliphatic carbocycles. The SMILES string of the molecule is CC(C(=O)C(C)c1ccc(-c2ccc(N3CCN(C(C)C)CC3)nc2)cc1)c1ccc(-c2ccc(N3CCN(C(C)C)CC3)nc2)cc1. The molecule has 2 aromatic heterocycles. The van der Waals surface area contributed by atoms with E-state index in [1.165, 1.54) is 0 Å². The van der Waals surface area contributed by atoms with Crippen LogP contribution in [0.4, 0.5) is 11.6 Å². The van der Waals surface area contributed by atoms with E-state index in [0.29, 0.717) is 12.1 Å². The third-order valence-corrected chi connectivity index (χ3v) is 10.6. The van der Waals surface area contributed by atoms with Crippen LogP contribution in [0.2, 0.25) is 0 Å². The molecule has 2 aliphatic heterocycles. The highest BCUT2D eigenvalue weighted by Gasteiger charge is 2.24. The van der Waals surface area contributed by atoms with Gasteiger partial charge in [0.25, 0.3) is 0 Å². The van der Waals surface area contributed by atoms with E-state index in [-0.39, 0.29) is 17.6 Å². The average Bonchev–Trinajstić information content (AvgIpc) is 3.14. The lowest BCUT2D eigenvalue weighted by molar-refractivity contribution is -0.121. The monoisotopic (exact) mass is 644 g/mol. The average molecular weight is 645 g/mol. The Morgan fingerprint density at radius 3 is 1.10 bits per heavy atom. The van der Waals surface area contributed by atoms with Crippen molar-refractivity contribution < 1.29 is 4.79 Å². The molecule has 48 heavy (non-hydrogen) atoms. The van der Waals surface area contributed by atoms with Gasteiger partial charge in [0.15, 0.2) is 0 Å². The van der Waals surface area contributed by atoms with Crippen molar-refractivity contribution in [2.24, 2.45) is 0 Å². The van der Waals surface area contributed by atoms with Crippen LogP contribution in [0.15, 0.2) is 85.2 Å². The van der Waals surface area contributed by atoms with Crippen LogP contribution in [0.3, 0.4) is 0 Å². The molecule has 2 aliphatic rings. The summed E-state index contributed by atoms with van der Waals surface area (Å²) >= 11 is 0. The van der Waals surface area contributed by atoms with Crippen molar-refractivity contribution >= 4 is 17.4 Å². The van der Waals surface area contributed by atoms with Gasteiger partial charge in [-0.05, 0) is 74.2 Å². The molecule has 4 heterocycles. The van der Waals surface area contributed by atoms with Crippen molar-refractivity contribution in [2.45, 2.75) is 65.5 Å². The predicted molar refractivity (Wildman–Crippen MR) is 199 cm³/mol. The number of nitrogens with zero attached hydrogens (tertiary/aromatic N) is 6. The second-order valence-electron chi connectivity index (χ2n) is 14.1. The number of rotatable bonds is 10. The number of carbonyl (C=O) groups excluding carboxylic acids is 1. The Kier molecular flexibility index (Phi) is 10.6. The Bertz CT molecular complexity index is 1490. The van der Waals surface area contributed by atoms with Crippen molar-refractivity contribution in [1.82, 2.24) is 19.8 Å². The molecule has 0 saturated carbocycles. The van der Waals surface area contributed by atoms with Crippen molar-refractivity contribution in [3.05, 3.63) is 96.3 Å². The first-order valence-corrected chi connectivity index (χ1v) is 17.8. The van der Waals surface area contributed by atoms with Crippen LogP contribution in [0.1, 0.15) is 64.5 Å². The molecule has 7 nitrogen and oxygen atoms in total. The zero-order valence-electron chi connectivity index (χ0n) is 29.6. The van der Waals surface area contributed by atoms with Gasteiger partial charge >= 0.3 is 0 Å². The van der Waals surface area contributed by atoms with Crippen LogP contribution in [-0.2, 0) is 4.79 Å². The van der Waals surface area contributed by atoms with Gasteiger partial charge in [0.1, 0.15) is 17.4 Å². The summed E-state index contributed by atoms with van der Waals surface area (Å²) in [5, 5.41) is 0. The zero-order valence-corrected chi connectivity index (χ0v) is 29.6. The maximum atomic E-state index is 13.6. The topological polar surface area (TPSA) is 55.8 Å². The highest BCUT2D eigenvalue weighted by Crippen LogP contribution is 2.30.